The Balaban J connectivity index is 2.72. The van der Waals surface area contributed by atoms with Crippen LogP contribution in [0, 0.1) is 0 Å². The molecule has 0 aliphatic rings. The number of hydrogen-bond acceptors (Lipinski definition) is 5. The highest BCUT2D eigenvalue weighted by Crippen LogP contribution is 2.16. The predicted octanol–water partition coefficient (Wildman–Crippen LogP) is 0.913. The van der Waals surface area contributed by atoms with Crippen LogP contribution in [-0.2, 0) is 16.0 Å². The number of nitrogens with zero attached hydrogens (tertiary/aromatic N) is 1. The van der Waals surface area contributed by atoms with Gasteiger partial charge in [0.05, 0.1) is 13.7 Å². The Morgan fingerprint density at radius 1 is 1.59 bits per heavy atom. The Labute approximate surface area is 101 Å². The lowest BCUT2D eigenvalue weighted by molar-refractivity contribution is -0.142. The zero-order chi connectivity index (χ0) is 12.7. The molecule has 1 rings (SSSR count). The van der Waals surface area contributed by atoms with E-state index in [2.05, 4.69) is 9.72 Å². The first kappa shape index (κ1) is 13.4. The maximum atomic E-state index is 11.2. The van der Waals surface area contributed by atoms with E-state index in [0.29, 0.717) is 18.9 Å². The van der Waals surface area contributed by atoms with Crippen molar-refractivity contribution in [2.45, 2.75) is 25.8 Å². The van der Waals surface area contributed by atoms with E-state index in [9.17, 15) is 4.79 Å². The van der Waals surface area contributed by atoms with Crippen molar-refractivity contribution in [3.63, 3.8) is 0 Å². The van der Waals surface area contributed by atoms with E-state index in [0.717, 1.165) is 12.0 Å². The lowest BCUT2D eigenvalue weighted by Gasteiger charge is -2.12. The van der Waals surface area contributed by atoms with E-state index in [-0.39, 0.29) is 0 Å². The molecule has 0 radical (unpaired) electrons. The summed E-state index contributed by atoms with van der Waals surface area (Å²) in [6.45, 7) is 2.61. The van der Waals surface area contributed by atoms with Gasteiger partial charge < -0.3 is 15.2 Å². The van der Waals surface area contributed by atoms with Crippen LogP contribution in [0.2, 0.25) is 0 Å². The van der Waals surface area contributed by atoms with Gasteiger partial charge in [0.15, 0.2) is 0 Å². The summed E-state index contributed by atoms with van der Waals surface area (Å²) in [5.74, 6) is 0.101. The summed E-state index contributed by atoms with van der Waals surface area (Å²) in [5, 5.41) is 0. The van der Waals surface area contributed by atoms with Gasteiger partial charge in [-0.2, -0.15) is 0 Å². The largest absolute Gasteiger partial charge is 0.477 e. The zero-order valence-electron chi connectivity index (χ0n) is 10.2. The maximum absolute atomic E-state index is 11.2. The summed E-state index contributed by atoms with van der Waals surface area (Å²) < 4.78 is 10.1. The molecular weight excluding hydrogens is 220 g/mol. The maximum Gasteiger partial charge on any atom is 0.322 e. The van der Waals surface area contributed by atoms with Crippen LogP contribution in [0.1, 0.15) is 18.9 Å². The topological polar surface area (TPSA) is 74.4 Å². The number of esters is 1. The van der Waals surface area contributed by atoms with Gasteiger partial charge in [-0.05, 0) is 12.5 Å². The van der Waals surface area contributed by atoms with Crippen LogP contribution in [0.25, 0.3) is 0 Å². The molecule has 0 fully saturated rings. The molecule has 94 valence electrons. The molecule has 1 aromatic rings. The molecule has 1 unspecified atom stereocenters. The predicted molar refractivity (Wildman–Crippen MR) is 63.7 cm³/mol. The molecule has 0 aromatic carbocycles. The highest BCUT2D eigenvalue weighted by Gasteiger charge is 2.17. The molecule has 1 heterocycles. The van der Waals surface area contributed by atoms with Gasteiger partial charge in [-0.1, -0.05) is 13.0 Å². The van der Waals surface area contributed by atoms with Gasteiger partial charge >= 0.3 is 5.97 Å². The summed E-state index contributed by atoms with van der Waals surface area (Å²) in [5.41, 5.74) is 6.52. The van der Waals surface area contributed by atoms with Crippen LogP contribution < -0.4 is 10.5 Å². The number of ether oxygens (including phenoxy) is 2. The fourth-order valence-electron chi connectivity index (χ4n) is 1.38. The minimum absolute atomic E-state index is 0.361. The molecule has 0 aliphatic carbocycles. The molecule has 1 atom stereocenters. The first-order valence-corrected chi connectivity index (χ1v) is 5.59. The summed E-state index contributed by atoms with van der Waals surface area (Å²) in [4.78, 5) is 15.4. The Morgan fingerprint density at radius 3 is 3.00 bits per heavy atom. The van der Waals surface area contributed by atoms with Crippen molar-refractivity contribution in [2.24, 2.45) is 5.73 Å². The van der Waals surface area contributed by atoms with Crippen molar-refractivity contribution < 1.29 is 14.3 Å². The average molecular weight is 238 g/mol. The molecule has 2 N–H and O–H groups in total. The third-order valence-electron chi connectivity index (χ3n) is 2.24. The van der Waals surface area contributed by atoms with E-state index >= 15 is 0 Å². The van der Waals surface area contributed by atoms with Crippen molar-refractivity contribution in [3.8, 4) is 5.88 Å². The standard InChI is InChI=1S/C12H18N2O3/c1-3-7-17-11-9(5-4-6-14-11)8-10(13)12(15)16-2/h4-6,10H,3,7-8,13H2,1-2H3. The first-order valence-electron chi connectivity index (χ1n) is 5.59. The molecule has 17 heavy (non-hydrogen) atoms. The van der Waals surface area contributed by atoms with Crippen LogP contribution in [-0.4, -0.2) is 30.7 Å². The minimum atomic E-state index is -0.687. The molecule has 0 saturated heterocycles. The van der Waals surface area contributed by atoms with Gasteiger partial charge in [0.1, 0.15) is 6.04 Å². The summed E-state index contributed by atoms with van der Waals surface area (Å²) in [6.07, 6.45) is 2.91. The van der Waals surface area contributed by atoms with Gasteiger partial charge in [-0.15, -0.1) is 0 Å². The van der Waals surface area contributed by atoms with Gasteiger partial charge in [-0.3, -0.25) is 4.79 Å². The SMILES string of the molecule is CCCOc1ncccc1CC(N)C(=O)OC. The Morgan fingerprint density at radius 2 is 2.35 bits per heavy atom. The molecule has 0 aliphatic heterocycles. The first-order chi connectivity index (χ1) is 8.19. The molecular formula is C12H18N2O3. The number of carbonyl (C=O) groups is 1. The van der Waals surface area contributed by atoms with Crippen molar-refractivity contribution in [3.05, 3.63) is 23.9 Å². The van der Waals surface area contributed by atoms with Crippen LogP contribution in [0.5, 0.6) is 5.88 Å². The third kappa shape index (κ3) is 4.03. The second-order valence-electron chi connectivity index (χ2n) is 3.65. The monoisotopic (exact) mass is 238 g/mol. The van der Waals surface area contributed by atoms with E-state index in [1.54, 1.807) is 12.3 Å². The fraction of sp³-hybridized carbons (Fsp3) is 0.500. The molecule has 5 nitrogen and oxygen atoms in total. The number of aromatic nitrogens is 1. The van der Waals surface area contributed by atoms with Gasteiger partial charge in [0.2, 0.25) is 5.88 Å². The van der Waals surface area contributed by atoms with E-state index in [1.807, 2.05) is 13.0 Å². The van der Waals surface area contributed by atoms with Crippen LogP contribution >= 0.6 is 0 Å². The van der Waals surface area contributed by atoms with E-state index in [4.69, 9.17) is 10.5 Å². The van der Waals surface area contributed by atoms with Crippen molar-refractivity contribution in [1.29, 1.82) is 0 Å². The quantitative estimate of drug-likeness (QED) is 0.746. The second kappa shape index (κ2) is 6.85. The van der Waals surface area contributed by atoms with Crippen molar-refractivity contribution >= 4 is 5.97 Å². The summed E-state index contributed by atoms with van der Waals surface area (Å²) in [6, 6.07) is 2.95. The zero-order valence-corrected chi connectivity index (χ0v) is 10.2. The van der Waals surface area contributed by atoms with Crippen LogP contribution in [0.3, 0.4) is 0 Å². The number of hydrogen-bond donors (Lipinski definition) is 1. The highest BCUT2D eigenvalue weighted by molar-refractivity contribution is 5.75. The van der Waals surface area contributed by atoms with Crippen molar-refractivity contribution in [1.82, 2.24) is 4.98 Å². The summed E-state index contributed by atoms with van der Waals surface area (Å²) >= 11 is 0. The third-order valence-corrected chi connectivity index (χ3v) is 2.24. The Hall–Kier alpha value is -1.62. The number of carbonyl (C=O) groups excluding carboxylic acids is 1. The highest BCUT2D eigenvalue weighted by atomic mass is 16.5. The van der Waals surface area contributed by atoms with Crippen molar-refractivity contribution in [2.75, 3.05) is 13.7 Å². The van der Waals surface area contributed by atoms with Gasteiger partial charge in [0, 0.05) is 18.2 Å². The smallest absolute Gasteiger partial charge is 0.322 e. The Bertz CT molecular complexity index is 369. The molecule has 0 amide bonds. The summed E-state index contributed by atoms with van der Waals surface area (Å²) in [7, 11) is 1.32. The van der Waals surface area contributed by atoms with Gasteiger partial charge in [0.25, 0.3) is 0 Å². The molecule has 0 spiro atoms. The van der Waals surface area contributed by atoms with Crippen LogP contribution in [0.15, 0.2) is 18.3 Å². The average Bonchev–Trinajstić information content (AvgIpc) is 2.36. The molecule has 0 saturated carbocycles. The molecule has 5 heteroatoms. The number of nitrogens with two attached hydrogens (primary N) is 1. The Kier molecular flexibility index (Phi) is 5.42. The van der Waals surface area contributed by atoms with E-state index in [1.165, 1.54) is 7.11 Å². The number of rotatable bonds is 6. The van der Waals surface area contributed by atoms with E-state index < -0.39 is 12.0 Å². The molecule has 0 bridgehead atoms. The van der Waals surface area contributed by atoms with Gasteiger partial charge in [-0.25, -0.2) is 4.98 Å². The number of pyridine rings is 1. The molecule has 1 aromatic heterocycles. The lowest BCUT2D eigenvalue weighted by Crippen LogP contribution is -2.33. The fourth-order valence-corrected chi connectivity index (χ4v) is 1.38. The van der Waals surface area contributed by atoms with Crippen LogP contribution in [0.4, 0.5) is 0 Å². The number of methoxy groups -OCH3 is 1. The normalized spacial score (nSPS) is 11.9. The second-order valence-corrected chi connectivity index (χ2v) is 3.65. The lowest BCUT2D eigenvalue weighted by atomic mass is 10.1. The minimum Gasteiger partial charge on any atom is -0.477 e.